The van der Waals surface area contributed by atoms with E-state index in [1.807, 2.05) is 0 Å². The zero-order valence-electron chi connectivity index (χ0n) is 10.7. The third-order valence-corrected chi connectivity index (χ3v) is 2.23. The molecular formula is C11H22N2O4. The SMILES string of the molecule is CCOC(=O)CC(O)CN(C)CCC(=O)NC. The fraction of sp³-hybridized carbons (Fsp3) is 0.818. The van der Waals surface area contributed by atoms with Crippen molar-refractivity contribution in [1.82, 2.24) is 10.2 Å². The quantitative estimate of drug-likeness (QED) is 0.557. The van der Waals surface area contributed by atoms with Crippen LogP contribution in [0.25, 0.3) is 0 Å². The van der Waals surface area contributed by atoms with E-state index < -0.39 is 12.1 Å². The van der Waals surface area contributed by atoms with E-state index in [0.29, 0.717) is 26.1 Å². The maximum Gasteiger partial charge on any atom is 0.308 e. The summed E-state index contributed by atoms with van der Waals surface area (Å²) < 4.78 is 4.73. The predicted octanol–water partition coefficient (Wildman–Crippen LogP) is -0.632. The first-order valence-electron chi connectivity index (χ1n) is 5.72. The fourth-order valence-electron chi connectivity index (χ4n) is 1.35. The summed E-state index contributed by atoms with van der Waals surface area (Å²) in [7, 11) is 3.37. The minimum Gasteiger partial charge on any atom is -0.466 e. The standard InChI is InChI=1S/C11H22N2O4/c1-4-17-11(16)7-9(14)8-13(3)6-5-10(15)12-2/h9,14H,4-8H2,1-3H3,(H,12,15). The summed E-state index contributed by atoms with van der Waals surface area (Å²) in [6, 6.07) is 0. The van der Waals surface area contributed by atoms with Crippen molar-refractivity contribution in [1.29, 1.82) is 0 Å². The molecule has 0 radical (unpaired) electrons. The minimum atomic E-state index is -0.760. The molecule has 0 rings (SSSR count). The van der Waals surface area contributed by atoms with Crippen LogP contribution < -0.4 is 5.32 Å². The number of nitrogens with one attached hydrogen (secondary N) is 1. The van der Waals surface area contributed by atoms with Crippen LogP contribution in [0.5, 0.6) is 0 Å². The smallest absolute Gasteiger partial charge is 0.308 e. The Hall–Kier alpha value is -1.14. The van der Waals surface area contributed by atoms with E-state index in [2.05, 4.69) is 5.32 Å². The zero-order chi connectivity index (χ0) is 13.3. The molecule has 0 heterocycles. The van der Waals surface area contributed by atoms with E-state index in [0.717, 1.165) is 0 Å². The van der Waals surface area contributed by atoms with Gasteiger partial charge in [0.15, 0.2) is 0 Å². The van der Waals surface area contributed by atoms with E-state index in [-0.39, 0.29) is 12.3 Å². The second-order valence-electron chi connectivity index (χ2n) is 3.85. The Bertz CT molecular complexity index is 246. The van der Waals surface area contributed by atoms with Crippen LogP contribution in [-0.2, 0) is 14.3 Å². The lowest BCUT2D eigenvalue weighted by Crippen LogP contribution is -2.33. The number of aliphatic hydroxyl groups is 1. The number of likely N-dealkylation sites (N-methyl/N-ethyl adjacent to an activating group) is 1. The van der Waals surface area contributed by atoms with Gasteiger partial charge >= 0.3 is 5.97 Å². The Labute approximate surface area is 102 Å². The lowest BCUT2D eigenvalue weighted by atomic mass is 10.2. The minimum absolute atomic E-state index is 0.0157. The van der Waals surface area contributed by atoms with Crippen LogP contribution in [0, 0.1) is 0 Å². The Morgan fingerprint density at radius 2 is 2.12 bits per heavy atom. The number of rotatable bonds is 8. The first-order valence-corrected chi connectivity index (χ1v) is 5.72. The lowest BCUT2D eigenvalue weighted by molar-refractivity contribution is -0.145. The predicted molar refractivity (Wildman–Crippen MR) is 63.4 cm³/mol. The number of hydrogen-bond acceptors (Lipinski definition) is 5. The molecule has 0 bridgehead atoms. The van der Waals surface area contributed by atoms with Crippen molar-refractivity contribution in [3.8, 4) is 0 Å². The van der Waals surface area contributed by atoms with Gasteiger partial charge in [0.25, 0.3) is 0 Å². The van der Waals surface area contributed by atoms with E-state index in [9.17, 15) is 14.7 Å². The van der Waals surface area contributed by atoms with Crippen LogP contribution in [-0.4, -0.2) is 61.8 Å². The largest absolute Gasteiger partial charge is 0.466 e. The molecule has 0 fully saturated rings. The van der Waals surface area contributed by atoms with Gasteiger partial charge in [-0.15, -0.1) is 0 Å². The van der Waals surface area contributed by atoms with Gasteiger partial charge in [-0.25, -0.2) is 0 Å². The Morgan fingerprint density at radius 1 is 1.47 bits per heavy atom. The van der Waals surface area contributed by atoms with E-state index in [1.165, 1.54) is 0 Å². The van der Waals surface area contributed by atoms with Crippen molar-refractivity contribution < 1.29 is 19.4 Å². The number of esters is 1. The molecule has 0 aliphatic carbocycles. The Balaban J connectivity index is 3.75. The van der Waals surface area contributed by atoms with Gasteiger partial charge in [-0.05, 0) is 14.0 Å². The van der Waals surface area contributed by atoms with Crippen molar-refractivity contribution in [3.05, 3.63) is 0 Å². The highest BCUT2D eigenvalue weighted by atomic mass is 16.5. The molecule has 100 valence electrons. The highest BCUT2D eigenvalue weighted by Gasteiger charge is 2.14. The topological polar surface area (TPSA) is 78.9 Å². The number of hydrogen-bond donors (Lipinski definition) is 2. The first-order chi connectivity index (χ1) is 7.99. The highest BCUT2D eigenvalue weighted by molar-refractivity contribution is 5.75. The molecule has 1 atom stereocenters. The van der Waals surface area contributed by atoms with E-state index in [4.69, 9.17) is 4.74 Å². The van der Waals surface area contributed by atoms with E-state index in [1.54, 1.807) is 25.9 Å². The number of ether oxygens (including phenoxy) is 1. The zero-order valence-corrected chi connectivity index (χ0v) is 10.7. The lowest BCUT2D eigenvalue weighted by Gasteiger charge is -2.19. The van der Waals surface area contributed by atoms with Gasteiger partial charge in [-0.2, -0.15) is 0 Å². The maximum atomic E-state index is 11.1. The second-order valence-corrected chi connectivity index (χ2v) is 3.85. The molecule has 0 saturated carbocycles. The molecule has 0 aromatic rings. The van der Waals surface area contributed by atoms with Crippen molar-refractivity contribution in [2.24, 2.45) is 0 Å². The van der Waals surface area contributed by atoms with Crippen LogP contribution in [0.15, 0.2) is 0 Å². The summed E-state index contributed by atoms with van der Waals surface area (Å²) in [6.07, 6.45) is -0.402. The van der Waals surface area contributed by atoms with Crippen molar-refractivity contribution >= 4 is 11.9 Å². The summed E-state index contributed by atoms with van der Waals surface area (Å²) in [6.45, 7) is 2.92. The third kappa shape index (κ3) is 8.65. The van der Waals surface area contributed by atoms with Gasteiger partial charge < -0.3 is 20.1 Å². The molecule has 6 heteroatoms. The van der Waals surface area contributed by atoms with Crippen molar-refractivity contribution in [2.45, 2.75) is 25.9 Å². The average Bonchev–Trinajstić information content (AvgIpc) is 2.25. The van der Waals surface area contributed by atoms with Gasteiger partial charge in [-0.1, -0.05) is 0 Å². The third-order valence-electron chi connectivity index (χ3n) is 2.23. The highest BCUT2D eigenvalue weighted by Crippen LogP contribution is 1.98. The molecule has 0 spiro atoms. The number of amides is 1. The second kappa shape index (κ2) is 8.95. The first kappa shape index (κ1) is 15.9. The summed E-state index contributed by atoms with van der Waals surface area (Å²) in [5.74, 6) is -0.448. The molecular weight excluding hydrogens is 224 g/mol. The molecule has 0 aromatic heterocycles. The van der Waals surface area contributed by atoms with Crippen LogP contribution in [0.3, 0.4) is 0 Å². The van der Waals surface area contributed by atoms with Crippen molar-refractivity contribution in [3.63, 3.8) is 0 Å². The Morgan fingerprint density at radius 3 is 2.65 bits per heavy atom. The molecule has 1 amide bonds. The summed E-state index contributed by atoms with van der Waals surface area (Å²) in [5.41, 5.74) is 0. The summed E-state index contributed by atoms with van der Waals surface area (Å²) in [5, 5.41) is 12.1. The molecule has 0 saturated heterocycles. The van der Waals surface area contributed by atoms with Crippen LogP contribution in [0.1, 0.15) is 19.8 Å². The normalized spacial score (nSPS) is 12.3. The van der Waals surface area contributed by atoms with Gasteiger partial charge in [-0.3, -0.25) is 9.59 Å². The number of nitrogens with zero attached hydrogens (tertiary/aromatic N) is 1. The van der Waals surface area contributed by atoms with Crippen LogP contribution in [0.4, 0.5) is 0 Å². The molecule has 1 unspecified atom stereocenters. The van der Waals surface area contributed by atoms with Crippen LogP contribution >= 0.6 is 0 Å². The van der Waals surface area contributed by atoms with Gasteiger partial charge in [0.05, 0.1) is 19.1 Å². The van der Waals surface area contributed by atoms with Crippen molar-refractivity contribution in [2.75, 3.05) is 33.8 Å². The number of carbonyl (C=O) groups is 2. The molecule has 17 heavy (non-hydrogen) atoms. The Kier molecular flexibility index (Phi) is 8.35. The fourth-order valence-corrected chi connectivity index (χ4v) is 1.35. The van der Waals surface area contributed by atoms with Gasteiger partial charge in [0, 0.05) is 26.6 Å². The van der Waals surface area contributed by atoms with Gasteiger partial charge in [0.1, 0.15) is 0 Å². The number of carbonyl (C=O) groups excluding carboxylic acids is 2. The molecule has 0 aliphatic rings. The molecule has 2 N–H and O–H groups in total. The molecule has 0 aromatic carbocycles. The number of aliphatic hydroxyl groups excluding tert-OH is 1. The molecule has 6 nitrogen and oxygen atoms in total. The average molecular weight is 246 g/mol. The van der Waals surface area contributed by atoms with Crippen LogP contribution in [0.2, 0.25) is 0 Å². The maximum absolute atomic E-state index is 11.1. The van der Waals surface area contributed by atoms with Gasteiger partial charge in [0.2, 0.25) is 5.91 Å². The summed E-state index contributed by atoms with van der Waals surface area (Å²) >= 11 is 0. The monoisotopic (exact) mass is 246 g/mol. The summed E-state index contributed by atoms with van der Waals surface area (Å²) in [4.78, 5) is 23.9. The molecule has 0 aliphatic heterocycles. The van der Waals surface area contributed by atoms with E-state index >= 15 is 0 Å².